The lowest BCUT2D eigenvalue weighted by atomic mass is 10.0. The zero-order valence-corrected chi connectivity index (χ0v) is 21.5. The van der Waals surface area contributed by atoms with Crippen LogP contribution in [0.25, 0.3) is 0 Å². The third kappa shape index (κ3) is 18.5. The Bertz CT molecular complexity index is 513. The minimum Gasteiger partial charge on any atom is -0.465 e. The smallest absolute Gasteiger partial charge is 0.325 e. The zero-order chi connectivity index (χ0) is 24.7. The maximum atomic E-state index is 12.4. The predicted molar refractivity (Wildman–Crippen MR) is 133 cm³/mol. The largest absolute Gasteiger partial charge is 0.465 e. The molecule has 2 atom stereocenters. The van der Waals surface area contributed by atoms with E-state index in [0.717, 1.165) is 32.1 Å². The van der Waals surface area contributed by atoms with Crippen molar-refractivity contribution in [2.45, 2.75) is 136 Å². The van der Waals surface area contributed by atoms with E-state index in [4.69, 9.17) is 4.74 Å². The van der Waals surface area contributed by atoms with Crippen LogP contribution in [-0.4, -0.2) is 48.2 Å². The molecule has 0 bridgehead atoms. The zero-order valence-electron chi connectivity index (χ0n) is 21.5. The van der Waals surface area contributed by atoms with E-state index in [1.54, 1.807) is 6.92 Å². The van der Waals surface area contributed by atoms with Crippen molar-refractivity contribution in [3.05, 3.63) is 0 Å². The molecule has 0 heterocycles. The van der Waals surface area contributed by atoms with Gasteiger partial charge in [-0.3, -0.25) is 14.4 Å². The van der Waals surface area contributed by atoms with Gasteiger partial charge in [-0.05, 0) is 19.8 Å². The standard InChI is InChI=1S/C26H50N2O5/c1-4-7-9-10-11-12-13-14-15-16-17-18-20-23(29)26(32)28-22(19-8-5-2)25(31)27-21-24(30)33-6-3/h22-23,29H,4-21H2,1-3H3,(H,27,31)(H,28,32)/t22?,23-/m0/s1. The van der Waals surface area contributed by atoms with E-state index in [2.05, 4.69) is 17.6 Å². The number of carbonyl (C=O) groups is 3. The lowest BCUT2D eigenvalue weighted by Crippen LogP contribution is -2.50. The second kappa shape index (κ2) is 22.2. The van der Waals surface area contributed by atoms with Crippen molar-refractivity contribution in [2.24, 2.45) is 0 Å². The summed E-state index contributed by atoms with van der Waals surface area (Å²) < 4.78 is 4.80. The molecule has 0 saturated carbocycles. The molecule has 0 aromatic heterocycles. The average molecular weight is 471 g/mol. The predicted octanol–water partition coefficient (Wildman–Crippen LogP) is 4.79. The third-order valence-electron chi connectivity index (χ3n) is 5.83. The van der Waals surface area contributed by atoms with E-state index >= 15 is 0 Å². The summed E-state index contributed by atoms with van der Waals surface area (Å²) in [5.74, 6) is -1.47. The van der Waals surface area contributed by atoms with Crippen LogP contribution >= 0.6 is 0 Å². The number of hydrogen-bond acceptors (Lipinski definition) is 5. The van der Waals surface area contributed by atoms with Gasteiger partial charge in [-0.15, -0.1) is 0 Å². The van der Waals surface area contributed by atoms with Gasteiger partial charge in [0.15, 0.2) is 0 Å². The topological polar surface area (TPSA) is 105 Å². The highest BCUT2D eigenvalue weighted by molar-refractivity contribution is 5.90. The van der Waals surface area contributed by atoms with Crippen molar-refractivity contribution in [1.82, 2.24) is 10.6 Å². The molecule has 0 spiro atoms. The molecule has 0 saturated heterocycles. The Morgan fingerprint density at radius 1 is 0.697 bits per heavy atom. The molecule has 0 aliphatic rings. The van der Waals surface area contributed by atoms with Crippen LogP contribution in [0.5, 0.6) is 0 Å². The molecule has 1 unspecified atom stereocenters. The van der Waals surface area contributed by atoms with Crippen molar-refractivity contribution in [3.8, 4) is 0 Å². The van der Waals surface area contributed by atoms with Crippen LogP contribution in [0.4, 0.5) is 0 Å². The molecule has 0 radical (unpaired) electrons. The fraction of sp³-hybridized carbons (Fsp3) is 0.885. The van der Waals surface area contributed by atoms with Gasteiger partial charge in [0.05, 0.1) is 6.61 Å². The number of aliphatic hydroxyl groups excluding tert-OH is 1. The SMILES string of the molecule is CCCCCCCCCCCCCC[C@H](O)C(=O)NC(CCCC)C(=O)NCC(=O)OCC. The second-order valence-electron chi connectivity index (χ2n) is 8.92. The van der Waals surface area contributed by atoms with Gasteiger partial charge in [-0.25, -0.2) is 0 Å². The molecule has 0 aromatic rings. The number of carbonyl (C=O) groups excluding carboxylic acids is 3. The first-order valence-corrected chi connectivity index (χ1v) is 13.4. The Morgan fingerprint density at radius 3 is 1.73 bits per heavy atom. The summed E-state index contributed by atoms with van der Waals surface area (Å²) in [5, 5.41) is 15.4. The summed E-state index contributed by atoms with van der Waals surface area (Å²) >= 11 is 0. The number of amides is 2. The Hall–Kier alpha value is -1.63. The summed E-state index contributed by atoms with van der Waals surface area (Å²) in [6, 6.07) is -0.761. The monoisotopic (exact) mass is 470 g/mol. The molecular weight excluding hydrogens is 420 g/mol. The third-order valence-corrected chi connectivity index (χ3v) is 5.83. The van der Waals surface area contributed by atoms with E-state index in [1.165, 1.54) is 57.8 Å². The van der Waals surface area contributed by atoms with Crippen molar-refractivity contribution in [1.29, 1.82) is 0 Å². The van der Waals surface area contributed by atoms with Crippen LogP contribution in [0, 0.1) is 0 Å². The molecule has 7 nitrogen and oxygen atoms in total. The highest BCUT2D eigenvalue weighted by Crippen LogP contribution is 2.13. The van der Waals surface area contributed by atoms with Gasteiger partial charge in [0.25, 0.3) is 0 Å². The maximum absolute atomic E-state index is 12.4. The van der Waals surface area contributed by atoms with Crippen LogP contribution in [0.2, 0.25) is 0 Å². The summed E-state index contributed by atoms with van der Waals surface area (Å²) in [6.45, 7) is 5.95. The number of ether oxygens (including phenoxy) is 1. The molecule has 0 aliphatic carbocycles. The molecule has 33 heavy (non-hydrogen) atoms. The minimum absolute atomic E-state index is 0.230. The molecule has 2 amide bonds. The van der Waals surface area contributed by atoms with Crippen LogP contribution in [0.15, 0.2) is 0 Å². The van der Waals surface area contributed by atoms with Crippen molar-refractivity contribution in [3.63, 3.8) is 0 Å². The second-order valence-corrected chi connectivity index (χ2v) is 8.92. The first-order valence-electron chi connectivity index (χ1n) is 13.4. The molecular formula is C26H50N2O5. The molecule has 0 aliphatic heterocycles. The van der Waals surface area contributed by atoms with E-state index in [0.29, 0.717) is 12.8 Å². The van der Waals surface area contributed by atoms with Gasteiger partial charge in [0, 0.05) is 0 Å². The number of esters is 1. The van der Waals surface area contributed by atoms with E-state index in [9.17, 15) is 19.5 Å². The molecule has 0 fully saturated rings. The van der Waals surface area contributed by atoms with Gasteiger partial charge in [-0.1, -0.05) is 104 Å². The van der Waals surface area contributed by atoms with Crippen LogP contribution in [0.1, 0.15) is 124 Å². The van der Waals surface area contributed by atoms with Crippen LogP contribution in [-0.2, 0) is 19.1 Å². The highest BCUT2D eigenvalue weighted by Gasteiger charge is 2.24. The minimum atomic E-state index is -1.12. The number of hydrogen-bond donors (Lipinski definition) is 3. The maximum Gasteiger partial charge on any atom is 0.325 e. The molecule has 0 aromatic carbocycles. The number of nitrogens with one attached hydrogen (secondary N) is 2. The van der Waals surface area contributed by atoms with Crippen molar-refractivity contribution < 1.29 is 24.2 Å². The van der Waals surface area contributed by atoms with Crippen molar-refractivity contribution in [2.75, 3.05) is 13.2 Å². The normalized spacial score (nSPS) is 12.7. The molecule has 7 heteroatoms. The fourth-order valence-electron chi connectivity index (χ4n) is 3.75. The summed E-state index contributed by atoms with van der Waals surface area (Å²) in [5.41, 5.74) is 0. The van der Waals surface area contributed by atoms with Gasteiger partial charge in [0.2, 0.25) is 11.8 Å². The van der Waals surface area contributed by atoms with E-state index in [1.807, 2.05) is 6.92 Å². The molecule has 3 N–H and O–H groups in total. The van der Waals surface area contributed by atoms with Gasteiger partial charge < -0.3 is 20.5 Å². The summed E-state index contributed by atoms with van der Waals surface area (Å²) in [4.78, 5) is 36.2. The van der Waals surface area contributed by atoms with Gasteiger partial charge >= 0.3 is 5.97 Å². The van der Waals surface area contributed by atoms with E-state index < -0.39 is 29.9 Å². The Labute approximate surface area is 201 Å². The number of aliphatic hydroxyl groups is 1. The lowest BCUT2D eigenvalue weighted by Gasteiger charge is -2.20. The first kappa shape index (κ1) is 31.4. The lowest BCUT2D eigenvalue weighted by molar-refractivity contribution is -0.143. The molecule has 0 rings (SSSR count). The summed E-state index contributed by atoms with van der Waals surface area (Å²) in [6.07, 6.45) is 16.1. The first-order chi connectivity index (χ1) is 16.0. The number of unbranched alkanes of at least 4 members (excludes halogenated alkanes) is 12. The Balaban J connectivity index is 4.04. The van der Waals surface area contributed by atoms with Crippen LogP contribution in [0.3, 0.4) is 0 Å². The Kier molecular flexibility index (Phi) is 21.1. The van der Waals surface area contributed by atoms with Gasteiger partial charge in [0.1, 0.15) is 18.7 Å². The fourth-order valence-corrected chi connectivity index (χ4v) is 3.75. The quantitative estimate of drug-likeness (QED) is 0.156. The summed E-state index contributed by atoms with van der Waals surface area (Å²) in [7, 11) is 0. The highest BCUT2D eigenvalue weighted by atomic mass is 16.5. The van der Waals surface area contributed by atoms with E-state index in [-0.39, 0.29) is 13.2 Å². The van der Waals surface area contributed by atoms with Gasteiger partial charge in [-0.2, -0.15) is 0 Å². The van der Waals surface area contributed by atoms with Crippen LogP contribution < -0.4 is 10.6 Å². The Morgan fingerprint density at radius 2 is 1.21 bits per heavy atom. The number of rotatable bonds is 22. The molecule has 194 valence electrons. The average Bonchev–Trinajstić information content (AvgIpc) is 2.80. The van der Waals surface area contributed by atoms with Crippen molar-refractivity contribution >= 4 is 17.8 Å².